The molecule has 138 valence electrons. The van der Waals surface area contributed by atoms with Crippen molar-refractivity contribution in [2.75, 3.05) is 45.3 Å². The lowest BCUT2D eigenvalue weighted by molar-refractivity contribution is 0.0739. The van der Waals surface area contributed by atoms with Gasteiger partial charge in [0, 0.05) is 26.2 Å². The smallest absolute Gasteiger partial charge is 0.261 e. The Kier molecular flexibility index (Phi) is 5.25. The largest absolute Gasteiger partial charge is 0.496 e. The molecule has 0 bridgehead atoms. The Hall–Kier alpha value is -2.83. The van der Waals surface area contributed by atoms with Crippen LogP contribution in [0.5, 0.6) is 11.5 Å². The van der Waals surface area contributed by atoms with E-state index in [9.17, 15) is 13.6 Å². The summed E-state index contributed by atoms with van der Waals surface area (Å²) in [6.45, 7) is 1.35. The molecule has 0 saturated carbocycles. The highest BCUT2D eigenvalue weighted by Crippen LogP contribution is 2.30. The zero-order valence-electron chi connectivity index (χ0n) is 14.7. The van der Waals surface area contributed by atoms with Gasteiger partial charge >= 0.3 is 0 Å². The molecule has 0 N–H and O–H groups in total. The number of anilines is 1. The van der Waals surface area contributed by atoms with E-state index >= 15 is 0 Å². The van der Waals surface area contributed by atoms with Crippen LogP contribution in [0.1, 0.15) is 10.4 Å². The zero-order valence-corrected chi connectivity index (χ0v) is 14.7. The molecule has 1 saturated heterocycles. The van der Waals surface area contributed by atoms with Crippen LogP contribution in [0.25, 0.3) is 0 Å². The lowest BCUT2D eigenvalue weighted by Gasteiger charge is -2.36. The van der Waals surface area contributed by atoms with Crippen LogP contribution in [-0.2, 0) is 0 Å². The van der Waals surface area contributed by atoms with Crippen molar-refractivity contribution in [2.45, 2.75) is 0 Å². The van der Waals surface area contributed by atoms with E-state index in [1.54, 1.807) is 28.0 Å². The van der Waals surface area contributed by atoms with Gasteiger partial charge in [-0.05, 0) is 24.3 Å². The Morgan fingerprint density at radius 3 is 1.88 bits per heavy atom. The fourth-order valence-corrected chi connectivity index (χ4v) is 3.14. The molecule has 7 heteroatoms. The van der Waals surface area contributed by atoms with Gasteiger partial charge in [-0.25, -0.2) is 8.78 Å². The first-order valence-electron chi connectivity index (χ1n) is 8.26. The topological polar surface area (TPSA) is 42.0 Å². The monoisotopic (exact) mass is 362 g/mol. The highest BCUT2D eigenvalue weighted by atomic mass is 19.1. The average molecular weight is 362 g/mol. The Balaban J connectivity index is 1.78. The van der Waals surface area contributed by atoms with Gasteiger partial charge in [-0.1, -0.05) is 12.1 Å². The SMILES string of the molecule is COc1cccc(OC)c1C(=O)N1CCN(c2c(F)cccc2F)CC1. The van der Waals surface area contributed by atoms with Gasteiger partial charge in [-0.15, -0.1) is 0 Å². The molecule has 0 radical (unpaired) electrons. The summed E-state index contributed by atoms with van der Waals surface area (Å²) in [5.74, 6) is -0.575. The second-order valence-corrected chi connectivity index (χ2v) is 5.89. The molecule has 0 aromatic heterocycles. The molecule has 0 atom stereocenters. The van der Waals surface area contributed by atoms with E-state index < -0.39 is 11.6 Å². The van der Waals surface area contributed by atoms with E-state index in [0.29, 0.717) is 43.2 Å². The van der Waals surface area contributed by atoms with E-state index in [1.807, 2.05) is 0 Å². The van der Waals surface area contributed by atoms with Gasteiger partial charge in [0.1, 0.15) is 34.4 Å². The first-order valence-corrected chi connectivity index (χ1v) is 8.26. The number of amides is 1. The van der Waals surface area contributed by atoms with Gasteiger partial charge in [-0.3, -0.25) is 4.79 Å². The van der Waals surface area contributed by atoms with E-state index in [1.165, 1.54) is 32.4 Å². The number of carbonyl (C=O) groups excluding carboxylic acids is 1. The molecule has 1 amide bonds. The average Bonchev–Trinajstić information content (AvgIpc) is 2.67. The summed E-state index contributed by atoms with van der Waals surface area (Å²) in [6, 6.07) is 8.93. The molecule has 3 rings (SSSR count). The molecular weight excluding hydrogens is 342 g/mol. The quantitative estimate of drug-likeness (QED) is 0.839. The van der Waals surface area contributed by atoms with Gasteiger partial charge in [0.25, 0.3) is 5.91 Å². The number of halogens is 2. The minimum absolute atomic E-state index is 0.0468. The molecule has 0 aliphatic carbocycles. The minimum atomic E-state index is -0.601. The lowest BCUT2D eigenvalue weighted by Crippen LogP contribution is -2.49. The van der Waals surface area contributed by atoms with Crippen LogP contribution in [0.3, 0.4) is 0 Å². The number of hydrogen-bond donors (Lipinski definition) is 0. The Bertz CT molecular complexity index is 763. The second kappa shape index (κ2) is 7.59. The first-order chi connectivity index (χ1) is 12.6. The predicted molar refractivity (Wildman–Crippen MR) is 94.0 cm³/mol. The van der Waals surface area contributed by atoms with Crippen molar-refractivity contribution < 1.29 is 23.0 Å². The fourth-order valence-electron chi connectivity index (χ4n) is 3.14. The van der Waals surface area contributed by atoms with Crippen molar-refractivity contribution in [3.8, 4) is 11.5 Å². The Labute approximate surface area is 150 Å². The van der Waals surface area contributed by atoms with Gasteiger partial charge in [-0.2, -0.15) is 0 Å². The van der Waals surface area contributed by atoms with Crippen molar-refractivity contribution in [3.05, 3.63) is 53.6 Å². The van der Waals surface area contributed by atoms with Crippen LogP contribution in [0, 0.1) is 11.6 Å². The fraction of sp³-hybridized carbons (Fsp3) is 0.316. The number of benzene rings is 2. The maximum absolute atomic E-state index is 14.0. The number of ether oxygens (including phenoxy) is 2. The number of para-hydroxylation sites is 1. The zero-order chi connectivity index (χ0) is 18.7. The van der Waals surface area contributed by atoms with Crippen molar-refractivity contribution in [1.29, 1.82) is 0 Å². The summed E-state index contributed by atoms with van der Waals surface area (Å²) in [5, 5.41) is 0. The molecule has 1 aliphatic rings. The number of nitrogens with zero attached hydrogens (tertiary/aromatic N) is 2. The van der Waals surface area contributed by atoms with Crippen LogP contribution < -0.4 is 14.4 Å². The number of piperazine rings is 1. The molecule has 1 heterocycles. The summed E-state index contributed by atoms with van der Waals surface area (Å²) in [6.07, 6.45) is 0. The molecule has 1 fully saturated rings. The third kappa shape index (κ3) is 3.29. The van der Waals surface area contributed by atoms with E-state index in [-0.39, 0.29) is 11.6 Å². The molecule has 2 aromatic rings. The third-order valence-corrected chi connectivity index (χ3v) is 4.46. The number of rotatable bonds is 4. The van der Waals surface area contributed by atoms with E-state index in [0.717, 1.165) is 0 Å². The van der Waals surface area contributed by atoms with Crippen molar-refractivity contribution in [1.82, 2.24) is 4.90 Å². The summed E-state index contributed by atoms with van der Waals surface area (Å²) < 4.78 is 38.5. The first kappa shape index (κ1) is 18.0. The summed E-state index contributed by atoms with van der Waals surface area (Å²) in [4.78, 5) is 16.2. The Morgan fingerprint density at radius 1 is 0.885 bits per heavy atom. The lowest BCUT2D eigenvalue weighted by atomic mass is 10.1. The Morgan fingerprint density at radius 2 is 1.38 bits per heavy atom. The van der Waals surface area contributed by atoms with Gasteiger partial charge < -0.3 is 19.3 Å². The number of carbonyl (C=O) groups is 1. The minimum Gasteiger partial charge on any atom is -0.496 e. The van der Waals surface area contributed by atoms with Gasteiger partial charge in [0.15, 0.2) is 0 Å². The van der Waals surface area contributed by atoms with Crippen LogP contribution in [0.4, 0.5) is 14.5 Å². The highest BCUT2D eigenvalue weighted by molar-refractivity contribution is 5.99. The van der Waals surface area contributed by atoms with E-state index in [4.69, 9.17) is 9.47 Å². The standard InChI is InChI=1S/C19H20F2N2O3/c1-25-15-7-4-8-16(26-2)17(15)19(24)23-11-9-22(10-12-23)18-13(20)5-3-6-14(18)21/h3-8H,9-12H2,1-2H3. The molecule has 0 unspecified atom stereocenters. The maximum atomic E-state index is 14.0. The second-order valence-electron chi connectivity index (χ2n) is 5.89. The van der Waals surface area contributed by atoms with Gasteiger partial charge in [0.2, 0.25) is 0 Å². The number of methoxy groups -OCH3 is 2. The van der Waals surface area contributed by atoms with Crippen LogP contribution in [0.2, 0.25) is 0 Å². The normalized spacial score (nSPS) is 14.3. The molecule has 0 spiro atoms. The van der Waals surface area contributed by atoms with E-state index in [2.05, 4.69) is 0 Å². The van der Waals surface area contributed by atoms with Crippen LogP contribution in [0.15, 0.2) is 36.4 Å². The molecule has 5 nitrogen and oxygen atoms in total. The summed E-state index contributed by atoms with van der Waals surface area (Å²) in [5.41, 5.74) is 0.303. The maximum Gasteiger partial charge on any atom is 0.261 e. The van der Waals surface area contributed by atoms with Crippen LogP contribution >= 0.6 is 0 Å². The summed E-state index contributed by atoms with van der Waals surface area (Å²) in [7, 11) is 2.98. The van der Waals surface area contributed by atoms with Gasteiger partial charge in [0.05, 0.1) is 14.2 Å². The van der Waals surface area contributed by atoms with Crippen molar-refractivity contribution in [3.63, 3.8) is 0 Å². The molecule has 26 heavy (non-hydrogen) atoms. The molecule has 2 aromatic carbocycles. The molecule has 1 aliphatic heterocycles. The van der Waals surface area contributed by atoms with Crippen LogP contribution in [-0.4, -0.2) is 51.2 Å². The van der Waals surface area contributed by atoms with Crippen molar-refractivity contribution >= 4 is 11.6 Å². The predicted octanol–water partition coefficient (Wildman–Crippen LogP) is 2.94. The highest BCUT2D eigenvalue weighted by Gasteiger charge is 2.28. The summed E-state index contributed by atoms with van der Waals surface area (Å²) >= 11 is 0. The number of hydrogen-bond acceptors (Lipinski definition) is 4. The van der Waals surface area contributed by atoms with Crippen molar-refractivity contribution in [2.24, 2.45) is 0 Å². The third-order valence-electron chi connectivity index (χ3n) is 4.46. The molecular formula is C19H20F2N2O3.